The van der Waals surface area contributed by atoms with Crippen molar-refractivity contribution < 1.29 is 23.5 Å². The van der Waals surface area contributed by atoms with Crippen molar-refractivity contribution in [2.45, 2.75) is 6.43 Å². The lowest BCUT2D eigenvalue weighted by Crippen LogP contribution is -2.35. The number of anilines is 1. The van der Waals surface area contributed by atoms with E-state index in [-0.39, 0.29) is 16.3 Å². The van der Waals surface area contributed by atoms with Gasteiger partial charge in [0.05, 0.1) is 22.8 Å². The van der Waals surface area contributed by atoms with Gasteiger partial charge in [-0.1, -0.05) is 11.6 Å². The van der Waals surface area contributed by atoms with E-state index in [1.807, 2.05) is 0 Å². The number of carbonyl (C=O) groups excluding carboxylic acids is 1. The summed E-state index contributed by atoms with van der Waals surface area (Å²) in [6.07, 6.45) is -2.64. The molecule has 0 saturated carbocycles. The van der Waals surface area contributed by atoms with Gasteiger partial charge in [-0.3, -0.25) is 0 Å². The van der Waals surface area contributed by atoms with Gasteiger partial charge >= 0.3 is 12.0 Å². The predicted molar refractivity (Wildman–Crippen MR) is 66.1 cm³/mol. The lowest BCUT2D eigenvalue weighted by atomic mass is 10.2. The Balaban J connectivity index is 2.77. The Kier molecular flexibility index (Phi) is 5.05. The Morgan fingerprint density at radius 1 is 1.47 bits per heavy atom. The molecule has 0 saturated heterocycles. The van der Waals surface area contributed by atoms with Crippen LogP contribution in [0.5, 0.6) is 0 Å². The molecule has 0 atom stereocenters. The van der Waals surface area contributed by atoms with Crippen molar-refractivity contribution in [3.05, 3.63) is 28.8 Å². The Morgan fingerprint density at radius 2 is 2.11 bits per heavy atom. The van der Waals surface area contributed by atoms with Crippen LogP contribution in [0.15, 0.2) is 18.2 Å². The number of hydrogen-bond donors (Lipinski definition) is 2. The summed E-state index contributed by atoms with van der Waals surface area (Å²) in [5.41, 5.74) is 0.113. The summed E-state index contributed by atoms with van der Waals surface area (Å²) < 4.78 is 24.2. The SMILES string of the molecule is CN(CC(F)F)C(=O)Nc1ccc(C(=O)O)cc1Cl. The number of urea groups is 1. The average Bonchev–Trinajstić information content (AvgIpc) is 2.30. The van der Waals surface area contributed by atoms with E-state index < -0.39 is 25.0 Å². The van der Waals surface area contributed by atoms with Gasteiger partial charge < -0.3 is 15.3 Å². The molecular weight excluding hydrogens is 282 g/mol. The monoisotopic (exact) mass is 292 g/mol. The van der Waals surface area contributed by atoms with E-state index in [0.717, 1.165) is 11.0 Å². The van der Waals surface area contributed by atoms with Crippen LogP contribution in [0.2, 0.25) is 5.02 Å². The van der Waals surface area contributed by atoms with Crippen molar-refractivity contribution in [3.8, 4) is 0 Å². The second-order valence-electron chi connectivity index (χ2n) is 3.70. The molecule has 0 aliphatic heterocycles. The number of aromatic carboxylic acids is 1. The fraction of sp³-hybridized carbons (Fsp3) is 0.273. The molecule has 0 aromatic heterocycles. The number of amides is 2. The molecule has 0 radical (unpaired) electrons. The number of benzene rings is 1. The maximum absolute atomic E-state index is 12.1. The highest BCUT2D eigenvalue weighted by atomic mass is 35.5. The molecule has 1 aromatic carbocycles. The van der Waals surface area contributed by atoms with Gasteiger partial charge in [-0.15, -0.1) is 0 Å². The molecule has 0 unspecified atom stereocenters. The maximum Gasteiger partial charge on any atom is 0.335 e. The van der Waals surface area contributed by atoms with E-state index >= 15 is 0 Å². The molecule has 0 spiro atoms. The van der Waals surface area contributed by atoms with E-state index in [4.69, 9.17) is 16.7 Å². The molecule has 2 N–H and O–H groups in total. The molecular formula is C11H11ClF2N2O3. The first-order valence-corrected chi connectivity index (χ1v) is 5.52. The zero-order valence-corrected chi connectivity index (χ0v) is 10.6. The van der Waals surface area contributed by atoms with Crippen LogP contribution >= 0.6 is 11.6 Å². The number of rotatable bonds is 4. The molecule has 0 heterocycles. The van der Waals surface area contributed by atoms with Crippen molar-refractivity contribution >= 4 is 29.3 Å². The molecule has 8 heteroatoms. The van der Waals surface area contributed by atoms with Crippen LogP contribution in [0.25, 0.3) is 0 Å². The van der Waals surface area contributed by atoms with Gasteiger partial charge in [0.1, 0.15) is 0 Å². The summed E-state index contributed by atoms with van der Waals surface area (Å²) in [6, 6.07) is 2.94. The number of alkyl halides is 2. The topological polar surface area (TPSA) is 69.6 Å². The number of nitrogens with zero attached hydrogens (tertiary/aromatic N) is 1. The number of hydrogen-bond acceptors (Lipinski definition) is 2. The quantitative estimate of drug-likeness (QED) is 0.896. The Hall–Kier alpha value is -1.89. The number of carboxylic acids is 1. The minimum Gasteiger partial charge on any atom is -0.478 e. The van der Waals surface area contributed by atoms with E-state index in [1.54, 1.807) is 0 Å². The van der Waals surface area contributed by atoms with E-state index in [9.17, 15) is 18.4 Å². The summed E-state index contributed by atoms with van der Waals surface area (Å²) in [5, 5.41) is 11.1. The molecule has 0 aliphatic carbocycles. The number of halogens is 3. The first kappa shape index (κ1) is 15.2. The Labute approximate surface area is 112 Å². The molecule has 1 aromatic rings. The second-order valence-corrected chi connectivity index (χ2v) is 4.11. The fourth-order valence-electron chi connectivity index (χ4n) is 1.25. The smallest absolute Gasteiger partial charge is 0.335 e. The van der Waals surface area contributed by atoms with Crippen LogP contribution in [0, 0.1) is 0 Å². The van der Waals surface area contributed by atoms with Crippen LogP contribution in [-0.2, 0) is 0 Å². The highest BCUT2D eigenvalue weighted by Crippen LogP contribution is 2.23. The van der Waals surface area contributed by atoms with Crippen LogP contribution in [-0.4, -0.2) is 42.0 Å². The zero-order chi connectivity index (χ0) is 14.6. The van der Waals surface area contributed by atoms with E-state index in [1.165, 1.54) is 19.2 Å². The summed E-state index contributed by atoms with van der Waals surface area (Å²) in [5.74, 6) is -1.16. The van der Waals surface area contributed by atoms with Gasteiger partial charge in [-0.25, -0.2) is 18.4 Å². The van der Waals surface area contributed by atoms with Crippen LogP contribution in [0.1, 0.15) is 10.4 Å². The zero-order valence-electron chi connectivity index (χ0n) is 9.86. The summed E-state index contributed by atoms with van der Waals surface area (Å²) in [6.45, 7) is -0.712. The summed E-state index contributed by atoms with van der Waals surface area (Å²) in [7, 11) is 1.21. The standard InChI is InChI=1S/C11H11ClF2N2O3/c1-16(5-9(13)14)11(19)15-8-3-2-6(10(17)18)4-7(8)12/h2-4,9H,5H2,1H3,(H,15,19)(H,17,18). The molecule has 0 fully saturated rings. The highest BCUT2D eigenvalue weighted by Gasteiger charge is 2.15. The number of nitrogens with one attached hydrogen (secondary N) is 1. The maximum atomic E-state index is 12.1. The van der Waals surface area contributed by atoms with Crippen molar-refractivity contribution in [2.75, 3.05) is 18.9 Å². The number of carbonyl (C=O) groups is 2. The third-order valence-corrected chi connectivity index (χ3v) is 2.53. The van der Waals surface area contributed by atoms with E-state index in [0.29, 0.717) is 0 Å². The van der Waals surface area contributed by atoms with E-state index in [2.05, 4.69) is 5.32 Å². The second kappa shape index (κ2) is 6.33. The molecule has 19 heavy (non-hydrogen) atoms. The first-order chi connectivity index (χ1) is 8.81. The van der Waals surface area contributed by atoms with Crippen molar-refractivity contribution in [3.63, 3.8) is 0 Å². The molecule has 2 amide bonds. The van der Waals surface area contributed by atoms with Gasteiger partial charge in [-0.2, -0.15) is 0 Å². The minimum absolute atomic E-state index is 0.0127. The third-order valence-electron chi connectivity index (χ3n) is 2.22. The Morgan fingerprint density at radius 3 is 2.58 bits per heavy atom. The van der Waals surface area contributed by atoms with Crippen LogP contribution in [0.4, 0.5) is 19.3 Å². The minimum atomic E-state index is -2.64. The van der Waals surface area contributed by atoms with Gasteiger partial charge in [0.15, 0.2) is 0 Å². The van der Waals surface area contributed by atoms with Crippen molar-refractivity contribution in [2.24, 2.45) is 0 Å². The summed E-state index contributed by atoms with van der Waals surface area (Å²) in [4.78, 5) is 23.0. The molecule has 5 nitrogen and oxygen atoms in total. The first-order valence-electron chi connectivity index (χ1n) is 5.14. The van der Waals surface area contributed by atoms with Crippen molar-refractivity contribution in [1.29, 1.82) is 0 Å². The number of carboxylic acid groups (broad SMARTS) is 1. The predicted octanol–water partition coefficient (Wildman–Crippen LogP) is 2.77. The van der Waals surface area contributed by atoms with Crippen LogP contribution in [0.3, 0.4) is 0 Å². The lowest BCUT2D eigenvalue weighted by molar-refractivity contribution is 0.0697. The summed E-state index contributed by atoms with van der Waals surface area (Å²) >= 11 is 5.78. The average molecular weight is 293 g/mol. The fourth-order valence-corrected chi connectivity index (χ4v) is 1.48. The third kappa shape index (κ3) is 4.36. The largest absolute Gasteiger partial charge is 0.478 e. The van der Waals surface area contributed by atoms with Gasteiger partial charge in [0.2, 0.25) is 0 Å². The lowest BCUT2D eigenvalue weighted by Gasteiger charge is -2.17. The van der Waals surface area contributed by atoms with Gasteiger partial charge in [0.25, 0.3) is 6.43 Å². The van der Waals surface area contributed by atoms with Crippen LogP contribution < -0.4 is 5.32 Å². The normalized spacial score (nSPS) is 10.4. The molecule has 0 bridgehead atoms. The Bertz CT molecular complexity index is 497. The highest BCUT2D eigenvalue weighted by molar-refractivity contribution is 6.34. The molecule has 104 valence electrons. The van der Waals surface area contributed by atoms with Gasteiger partial charge in [-0.05, 0) is 18.2 Å². The van der Waals surface area contributed by atoms with Gasteiger partial charge in [0, 0.05) is 7.05 Å². The molecule has 1 rings (SSSR count). The van der Waals surface area contributed by atoms with Crippen molar-refractivity contribution in [1.82, 2.24) is 4.90 Å². The molecule has 0 aliphatic rings.